The number of aliphatic carboxylic acids is 1. The first kappa shape index (κ1) is 19.1. The van der Waals surface area contributed by atoms with Crippen LogP contribution in [0.2, 0.25) is 0 Å². The first-order chi connectivity index (χ1) is 11.0. The fourth-order valence-corrected chi connectivity index (χ4v) is 4.22. The first-order valence-corrected chi connectivity index (χ1v) is 8.78. The molecule has 0 spiro atoms. The van der Waals surface area contributed by atoms with Gasteiger partial charge in [-0.3, -0.25) is 9.69 Å². The molecule has 1 aliphatic carbocycles. The Morgan fingerprint density at radius 1 is 1.33 bits per heavy atom. The van der Waals surface area contributed by atoms with E-state index in [4.69, 9.17) is 4.74 Å². The molecule has 0 radical (unpaired) electrons. The van der Waals surface area contributed by atoms with Crippen LogP contribution in [0.3, 0.4) is 0 Å². The average Bonchev–Trinajstić information content (AvgIpc) is 2.86. The standard InChI is InChI=1S/C19H27NO3.ClH/c1-13(2)23-16-8-5-6-14(10-16)12-20-17-9-4-3-7-15(17)11-18(20)19(21)22;/h5-6,8,10,13,15,17-18H,3-4,7,9,11-12H2,1-2H3,(H,21,22);1H. The summed E-state index contributed by atoms with van der Waals surface area (Å²) in [5.74, 6) is 0.748. The van der Waals surface area contributed by atoms with E-state index in [2.05, 4.69) is 17.0 Å². The maximum Gasteiger partial charge on any atom is 0.320 e. The molecule has 3 unspecified atom stereocenters. The molecule has 1 aliphatic heterocycles. The third-order valence-electron chi connectivity index (χ3n) is 5.14. The number of carboxylic acid groups (broad SMARTS) is 1. The number of hydrogen-bond acceptors (Lipinski definition) is 3. The van der Waals surface area contributed by atoms with Crippen molar-refractivity contribution in [3.05, 3.63) is 29.8 Å². The Morgan fingerprint density at radius 2 is 2.08 bits per heavy atom. The van der Waals surface area contributed by atoms with Gasteiger partial charge in [-0.1, -0.05) is 25.0 Å². The summed E-state index contributed by atoms with van der Waals surface area (Å²) in [5, 5.41) is 9.62. The molecule has 0 aromatic heterocycles. The van der Waals surface area contributed by atoms with Crippen molar-refractivity contribution in [2.24, 2.45) is 5.92 Å². The summed E-state index contributed by atoms with van der Waals surface area (Å²) < 4.78 is 5.77. The zero-order valence-corrected chi connectivity index (χ0v) is 15.3. The van der Waals surface area contributed by atoms with E-state index < -0.39 is 5.97 Å². The van der Waals surface area contributed by atoms with Crippen LogP contribution in [0.1, 0.15) is 51.5 Å². The molecule has 2 fully saturated rings. The SMILES string of the molecule is CC(C)Oc1cccc(CN2C(C(=O)O)CC3CCCCC32)c1.Cl. The lowest BCUT2D eigenvalue weighted by molar-refractivity contribution is -0.142. The van der Waals surface area contributed by atoms with Gasteiger partial charge in [-0.2, -0.15) is 0 Å². The summed E-state index contributed by atoms with van der Waals surface area (Å²) in [6.07, 6.45) is 5.74. The number of nitrogens with zero attached hydrogens (tertiary/aromatic N) is 1. The normalized spacial score (nSPS) is 26.7. The molecule has 1 heterocycles. The summed E-state index contributed by atoms with van der Waals surface area (Å²) in [6.45, 7) is 4.73. The van der Waals surface area contributed by atoms with Crippen LogP contribution in [0.25, 0.3) is 0 Å². The molecule has 2 aliphatic rings. The van der Waals surface area contributed by atoms with Gasteiger partial charge in [0.1, 0.15) is 11.8 Å². The minimum Gasteiger partial charge on any atom is -0.491 e. The number of hydrogen-bond donors (Lipinski definition) is 1. The highest BCUT2D eigenvalue weighted by atomic mass is 35.5. The van der Waals surface area contributed by atoms with Gasteiger partial charge in [-0.15, -0.1) is 12.4 Å². The predicted molar refractivity (Wildman–Crippen MR) is 96.8 cm³/mol. The van der Waals surface area contributed by atoms with Gasteiger partial charge in [-0.25, -0.2) is 0 Å². The van der Waals surface area contributed by atoms with Crippen molar-refractivity contribution >= 4 is 18.4 Å². The number of ether oxygens (including phenoxy) is 1. The quantitative estimate of drug-likeness (QED) is 0.865. The first-order valence-electron chi connectivity index (χ1n) is 8.78. The second kappa shape index (κ2) is 8.21. The Hall–Kier alpha value is -1.26. The van der Waals surface area contributed by atoms with E-state index in [-0.39, 0.29) is 24.6 Å². The topological polar surface area (TPSA) is 49.8 Å². The van der Waals surface area contributed by atoms with Gasteiger partial charge < -0.3 is 9.84 Å². The van der Waals surface area contributed by atoms with Gasteiger partial charge in [0.25, 0.3) is 0 Å². The fourth-order valence-electron chi connectivity index (χ4n) is 4.22. The van der Waals surface area contributed by atoms with Crippen molar-refractivity contribution in [2.75, 3.05) is 0 Å². The summed E-state index contributed by atoms with van der Waals surface area (Å²) >= 11 is 0. The molecule has 0 bridgehead atoms. The van der Waals surface area contributed by atoms with E-state index in [1.807, 2.05) is 26.0 Å². The van der Waals surface area contributed by atoms with Crippen LogP contribution in [-0.2, 0) is 11.3 Å². The number of rotatable bonds is 5. The smallest absolute Gasteiger partial charge is 0.320 e. The Bertz CT molecular complexity index is 563. The molecule has 1 aromatic rings. The summed E-state index contributed by atoms with van der Waals surface area (Å²) in [6, 6.07) is 8.18. The van der Waals surface area contributed by atoms with Crippen LogP contribution in [-0.4, -0.2) is 34.2 Å². The maximum atomic E-state index is 11.7. The summed E-state index contributed by atoms with van der Waals surface area (Å²) in [7, 11) is 0. The number of carboxylic acids is 1. The van der Waals surface area contributed by atoms with Gasteiger partial charge in [0, 0.05) is 12.6 Å². The number of likely N-dealkylation sites (tertiary alicyclic amines) is 1. The van der Waals surface area contributed by atoms with Crippen molar-refractivity contribution in [2.45, 2.75) is 70.7 Å². The van der Waals surface area contributed by atoms with Crippen LogP contribution < -0.4 is 4.74 Å². The lowest BCUT2D eigenvalue weighted by atomic mass is 9.84. The molecule has 1 aromatic carbocycles. The van der Waals surface area contributed by atoms with Crippen molar-refractivity contribution in [3.63, 3.8) is 0 Å². The van der Waals surface area contributed by atoms with Gasteiger partial charge >= 0.3 is 5.97 Å². The predicted octanol–water partition coefficient (Wildman–Crippen LogP) is 4.11. The van der Waals surface area contributed by atoms with E-state index in [1.165, 1.54) is 19.3 Å². The molecular weight excluding hydrogens is 326 g/mol. The number of benzene rings is 1. The summed E-state index contributed by atoms with van der Waals surface area (Å²) in [5.41, 5.74) is 1.14. The largest absolute Gasteiger partial charge is 0.491 e. The van der Waals surface area contributed by atoms with E-state index in [9.17, 15) is 9.90 Å². The van der Waals surface area contributed by atoms with Crippen molar-refractivity contribution in [3.8, 4) is 5.75 Å². The molecule has 0 amide bonds. The molecule has 1 N–H and O–H groups in total. The van der Waals surface area contributed by atoms with Crippen LogP contribution in [0.4, 0.5) is 0 Å². The maximum absolute atomic E-state index is 11.7. The highest BCUT2D eigenvalue weighted by Gasteiger charge is 2.44. The van der Waals surface area contributed by atoms with E-state index in [0.717, 1.165) is 24.2 Å². The Labute approximate surface area is 150 Å². The van der Waals surface area contributed by atoms with Gasteiger partial charge in [0.2, 0.25) is 0 Å². The number of halogens is 1. The molecule has 134 valence electrons. The van der Waals surface area contributed by atoms with E-state index >= 15 is 0 Å². The number of carbonyl (C=O) groups is 1. The molecule has 4 nitrogen and oxygen atoms in total. The lowest BCUT2D eigenvalue weighted by Gasteiger charge is -2.33. The second-order valence-electron chi connectivity index (χ2n) is 7.19. The Balaban J connectivity index is 0.00000208. The minimum atomic E-state index is -0.672. The molecule has 3 atom stereocenters. The minimum absolute atomic E-state index is 0. The average molecular weight is 354 g/mol. The van der Waals surface area contributed by atoms with Gasteiger partial charge in [0.15, 0.2) is 0 Å². The van der Waals surface area contributed by atoms with Crippen LogP contribution in [0.5, 0.6) is 5.75 Å². The molecule has 1 saturated heterocycles. The third kappa shape index (κ3) is 4.22. The lowest BCUT2D eigenvalue weighted by Crippen LogP contribution is -2.41. The Morgan fingerprint density at radius 3 is 2.79 bits per heavy atom. The zero-order valence-electron chi connectivity index (χ0n) is 14.5. The van der Waals surface area contributed by atoms with E-state index in [1.54, 1.807) is 0 Å². The van der Waals surface area contributed by atoms with Crippen LogP contribution >= 0.6 is 12.4 Å². The highest BCUT2D eigenvalue weighted by Crippen LogP contribution is 2.40. The third-order valence-corrected chi connectivity index (χ3v) is 5.14. The number of fused-ring (bicyclic) bond motifs is 1. The van der Waals surface area contributed by atoms with Crippen molar-refractivity contribution in [1.82, 2.24) is 4.90 Å². The Kier molecular flexibility index (Phi) is 6.53. The molecular formula is C19H28ClNO3. The van der Waals surface area contributed by atoms with Gasteiger partial charge in [-0.05, 0) is 56.7 Å². The second-order valence-corrected chi connectivity index (χ2v) is 7.19. The summed E-state index contributed by atoms with van der Waals surface area (Å²) in [4.78, 5) is 13.9. The van der Waals surface area contributed by atoms with Gasteiger partial charge in [0.05, 0.1) is 6.10 Å². The fraction of sp³-hybridized carbons (Fsp3) is 0.632. The van der Waals surface area contributed by atoms with Crippen molar-refractivity contribution < 1.29 is 14.6 Å². The molecule has 3 rings (SSSR count). The van der Waals surface area contributed by atoms with Crippen LogP contribution in [0, 0.1) is 5.92 Å². The van der Waals surface area contributed by atoms with Crippen LogP contribution in [0.15, 0.2) is 24.3 Å². The van der Waals surface area contributed by atoms with E-state index in [0.29, 0.717) is 18.5 Å². The molecule has 24 heavy (non-hydrogen) atoms. The highest BCUT2D eigenvalue weighted by molar-refractivity contribution is 5.85. The molecule has 1 saturated carbocycles. The zero-order chi connectivity index (χ0) is 16.4. The van der Waals surface area contributed by atoms with Crippen molar-refractivity contribution in [1.29, 1.82) is 0 Å². The monoisotopic (exact) mass is 353 g/mol. The molecule has 5 heteroatoms.